The summed E-state index contributed by atoms with van der Waals surface area (Å²) in [6, 6.07) is 6.28. The third-order valence-electron chi connectivity index (χ3n) is 3.83. The number of benzene rings is 1. The molecule has 6 nitrogen and oxygen atoms in total. The summed E-state index contributed by atoms with van der Waals surface area (Å²) in [4.78, 5) is 13.9. The van der Waals surface area contributed by atoms with Crippen LogP contribution in [0, 0.1) is 0 Å². The Labute approximate surface area is 137 Å². The highest BCUT2D eigenvalue weighted by molar-refractivity contribution is 7.90. The van der Waals surface area contributed by atoms with E-state index in [2.05, 4.69) is 0 Å². The zero-order valence-corrected chi connectivity index (χ0v) is 14.5. The first-order chi connectivity index (χ1) is 10.8. The zero-order chi connectivity index (χ0) is 17.0. The highest BCUT2D eigenvalue weighted by Gasteiger charge is 2.34. The standard InChI is InChI=1S/C16H23NO5S/c1-12-10-15(16(18)22-12)17(2)8-5-9-21-13-6-4-7-14(11-13)23(3,19)20/h4,6-7,11-12,15H,5,8-10H2,1-3H3/t12-,15+/m1/s1. The van der Waals surface area contributed by atoms with Crippen LogP contribution in [0.3, 0.4) is 0 Å². The number of esters is 1. The molecule has 0 N–H and O–H groups in total. The van der Waals surface area contributed by atoms with Gasteiger partial charge in [0, 0.05) is 19.2 Å². The highest BCUT2D eigenvalue weighted by atomic mass is 32.2. The van der Waals surface area contributed by atoms with E-state index in [4.69, 9.17) is 9.47 Å². The molecule has 1 fully saturated rings. The molecule has 2 atom stereocenters. The molecule has 1 aliphatic heterocycles. The van der Waals surface area contributed by atoms with Crippen LogP contribution in [0.2, 0.25) is 0 Å². The highest BCUT2D eigenvalue weighted by Crippen LogP contribution is 2.20. The van der Waals surface area contributed by atoms with Crippen LogP contribution in [0.5, 0.6) is 5.75 Å². The maximum Gasteiger partial charge on any atom is 0.323 e. The number of cyclic esters (lactones) is 1. The number of ether oxygens (including phenoxy) is 2. The van der Waals surface area contributed by atoms with Crippen molar-refractivity contribution in [2.75, 3.05) is 26.5 Å². The van der Waals surface area contributed by atoms with Gasteiger partial charge in [-0.15, -0.1) is 0 Å². The Bertz CT molecular complexity index is 658. The summed E-state index contributed by atoms with van der Waals surface area (Å²) in [6.07, 6.45) is 2.59. The third-order valence-corrected chi connectivity index (χ3v) is 4.94. The van der Waals surface area contributed by atoms with Crippen LogP contribution < -0.4 is 4.74 Å². The van der Waals surface area contributed by atoms with Crippen LogP contribution in [-0.4, -0.2) is 57.9 Å². The number of hydrogen-bond acceptors (Lipinski definition) is 6. The first-order valence-corrected chi connectivity index (χ1v) is 9.50. The molecule has 7 heteroatoms. The normalized spacial score (nSPS) is 21.5. The van der Waals surface area contributed by atoms with Crippen molar-refractivity contribution in [3.63, 3.8) is 0 Å². The second-order valence-electron chi connectivity index (χ2n) is 5.93. The van der Waals surface area contributed by atoms with E-state index in [-0.39, 0.29) is 23.0 Å². The van der Waals surface area contributed by atoms with Crippen molar-refractivity contribution in [1.29, 1.82) is 0 Å². The Morgan fingerprint density at radius 3 is 2.74 bits per heavy atom. The van der Waals surface area contributed by atoms with Gasteiger partial charge in [0.15, 0.2) is 9.84 Å². The van der Waals surface area contributed by atoms with E-state index in [9.17, 15) is 13.2 Å². The summed E-state index contributed by atoms with van der Waals surface area (Å²) in [5.41, 5.74) is 0. The van der Waals surface area contributed by atoms with Crippen molar-refractivity contribution in [1.82, 2.24) is 4.90 Å². The van der Waals surface area contributed by atoms with Gasteiger partial charge in [0.1, 0.15) is 17.9 Å². The number of carbonyl (C=O) groups excluding carboxylic acids is 1. The molecule has 0 spiro atoms. The fraction of sp³-hybridized carbons (Fsp3) is 0.562. The molecule has 0 radical (unpaired) electrons. The van der Waals surface area contributed by atoms with Crippen molar-refractivity contribution >= 4 is 15.8 Å². The minimum absolute atomic E-state index is 0.0232. The fourth-order valence-corrected chi connectivity index (χ4v) is 3.21. The second-order valence-corrected chi connectivity index (χ2v) is 7.94. The summed E-state index contributed by atoms with van der Waals surface area (Å²) in [5.74, 6) is 0.367. The van der Waals surface area contributed by atoms with Crippen molar-refractivity contribution in [2.24, 2.45) is 0 Å². The molecule has 0 amide bonds. The average Bonchev–Trinajstić information content (AvgIpc) is 2.82. The van der Waals surface area contributed by atoms with E-state index in [0.717, 1.165) is 6.42 Å². The average molecular weight is 341 g/mol. The van der Waals surface area contributed by atoms with E-state index in [1.807, 2.05) is 18.9 Å². The van der Waals surface area contributed by atoms with Crippen molar-refractivity contribution in [3.05, 3.63) is 24.3 Å². The number of nitrogens with zero attached hydrogens (tertiary/aromatic N) is 1. The van der Waals surface area contributed by atoms with Gasteiger partial charge in [-0.25, -0.2) is 8.42 Å². The van der Waals surface area contributed by atoms with Gasteiger partial charge in [0.05, 0.1) is 11.5 Å². The first-order valence-electron chi connectivity index (χ1n) is 7.61. The molecular formula is C16H23NO5S. The molecular weight excluding hydrogens is 318 g/mol. The SMILES string of the molecule is C[C@@H]1C[C@H](N(C)CCCOc2cccc(S(C)(=O)=O)c2)C(=O)O1. The first kappa shape index (κ1) is 17.7. The van der Waals surface area contributed by atoms with Gasteiger partial charge in [-0.1, -0.05) is 6.07 Å². The van der Waals surface area contributed by atoms with Gasteiger partial charge in [0.2, 0.25) is 0 Å². The molecule has 1 aromatic rings. The van der Waals surface area contributed by atoms with Crippen molar-refractivity contribution in [2.45, 2.75) is 36.8 Å². The van der Waals surface area contributed by atoms with E-state index in [0.29, 0.717) is 25.3 Å². The lowest BCUT2D eigenvalue weighted by Crippen LogP contribution is -2.36. The molecule has 2 rings (SSSR count). The Kier molecular flexibility index (Phi) is 5.64. The second kappa shape index (κ2) is 7.31. The molecule has 0 unspecified atom stereocenters. The largest absolute Gasteiger partial charge is 0.494 e. The van der Waals surface area contributed by atoms with Crippen LogP contribution in [0.25, 0.3) is 0 Å². The summed E-state index contributed by atoms with van der Waals surface area (Å²) < 4.78 is 33.7. The Morgan fingerprint density at radius 2 is 2.13 bits per heavy atom. The van der Waals surface area contributed by atoms with Gasteiger partial charge < -0.3 is 9.47 Å². The van der Waals surface area contributed by atoms with Crippen LogP contribution in [0.1, 0.15) is 19.8 Å². The fourth-order valence-electron chi connectivity index (χ4n) is 2.55. The summed E-state index contributed by atoms with van der Waals surface area (Å²) in [5, 5.41) is 0. The molecule has 128 valence electrons. The number of sulfone groups is 1. The van der Waals surface area contributed by atoms with Crippen LogP contribution >= 0.6 is 0 Å². The number of likely N-dealkylation sites (N-methyl/N-ethyl adjacent to an activating group) is 1. The lowest BCUT2D eigenvalue weighted by Gasteiger charge is -2.20. The van der Waals surface area contributed by atoms with Gasteiger partial charge in [-0.2, -0.15) is 0 Å². The van der Waals surface area contributed by atoms with Gasteiger partial charge in [-0.05, 0) is 38.6 Å². The zero-order valence-electron chi connectivity index (χ0n) is 13.7. The minimum Gasteiger partial charge on any atom is -0.494 e. The lowest BCUT2D eigenvalue weighted by molar-refractivity contribution is -0.144. The summed E-state index contributed by atoms with van der Waals surface area (Å²) in [7, 11) is -1.33. The number of rotatable bonds is 7. The Balaban J connectivity index is 1.78. The number of hydrogen-bond donors (Lipinski definition) is 0. The molecule has 1 aromatic carbocycles. The van der Waals surface area contributed by atoms with E-state index in [1.54, 1.807) is 18.2 Å². The van der Waals surface area contributed by atoms with E-state index < -0.39 is 9.84 Å². The quantitative estimate of drug-likeness (QED) is 0.553. The monoisotopic (exact) mass is 341 g/mol. The Hall–Kier alpha value is -1.60. The predicted octanol–water partition coefficient (Wildman–Crippen LogP) is 1.49. The lowest BCUT2D eigenvalue weighted by atomic mass is 10.1. The molecule has 1 saturated heterocycles. The smallest absolute Gasteiger partial charge is 0.323 e. The van der Waals surface area contributed by atoms with Crippen LogP contribution in [-0.2, 0) is 19.4 Å². The summed E-state index contributed by atoms with van der Waals surface area (Å²) >= 11 is 0. The Morgan fingerprint density at radius 1 is 1.39 bits per heavy atom. The molecule has 1 heterocycles. The minimum atomic E-state index is -3.23. The predicted molar refractivity (Wildman–Crippen MR) is 86.3 cm³/mol. The molecule has 0 bridgehead atoms. The van der Waals surface area contributed by atoms with E-state index >= 15 is 0 Å². The molecule has 0 aliphatic carbocycles. The van der Waals surface area contributed by atoms with E-state index in [1.165, 1.54) is 12.3 Å². The molecule has 23 heavy (non-hydrogen) atoms. The van der Waals surface area contributed by atoms with Crippen LogP contribution in [0.15, 0.2) is 29.2 Å². The van der Waals surface area contributed by atoms with Crippen LogP contribution in [0.4, 0.5) is 0 Å². The van der Waals surface area contributed by atoms with Gasteiger partial charge in [-0.3, -0.25) is 9.69 Å². The maximum absolute atomic E-state index is 11.7. The maximum atomic E-state index is 11.7. The van der Waals surface area contributed by atoms with Crippen molar-refractivity contribution in [3.8, 4) is 5.75 Å². The van der Waals surface area contributed by atoms with Crippen molar-refractivity contribution < 1.29 is 22.7 Å². The topological polar surface area (TPSA) is 72.9 Å². The van der Waals surface area contributed by atoms with Gasteiger partial charge in [0.25, 0.3) is 0 Å². The number of carbonyl (C=O) groups is 1. The molecule has 1 aliphatic rings. The molecule has 0 saturated carbocycles. The third kappa shape index (κ3) is 4.94. The van der Waals surface area contributed by atoms with Gasteiger partial charge >= 0.3 is 5.97 Å². The molecule has 0 aromatic heterocycles. The summed E-state index contributed by atoms with van der Waals surface area (Å²) in [6.45, 7) is 3.05.